The molecule has 0 aliphatic carbocycles. The van der Waals surface area contributed by atoms with Gasteiger partial charge in [-0.25, -0.2) is 4.99 Å². The summed E-state index contributed by atoms with van der Waals surface area (Å²) in [6.45, 7) is 3.20. The fraction of sp³-hybridized carbons (Fsp3) is 0.533. The lowest BCUT2D eigenvalue weighted by Crippen LogP contribution is -2.38. The molecule has 0 saturated carbocycles. The monoisotopic (exact) mass is 317 g/mol. The van der Waals surface area contributed by atoms with Crippen LogP contribution in [0.3, 0.4) is 0 Å². The van der Waals surface area contributed by atoms with Gasteiger partial charge in [-0.05, 0) is 18.1 Å². The highest BCUT2D eigenvalue weighted by Gasteiger charge is 2.26. The molecular formula is C15H22F3N3O. The van der Waals surface area contributed by atoms with E-state index >= 15 is 0 Å². The Balaban J connectivity index is 2.53. The van der Waals surface area contributed by atoms with E-state index in [0.29, 0.717) is 25.7 Å². The Hall–Kier alpha value is -1.76. The second-order valence-electron chi connectivity index (χ2n) is 4.74. The SMILES string of the molecule is CCNC(=NCc1ccc(COC)cc1)NCCC(F)(F)F. The molecule has 22 heavy (non-hydrogen) atoms. The van der Waals surface area contributed by atoms with E-state index in [4.69, 9.17) is 4.74 Å². The lowest BCUT2D eigenvalue weighted by molar-refractivity contribution is -0.132. The van der Waals surface area contributed by atoms with Crippen molar-refractivity contribution in [3.05, 3.63) is 35.4 Å². The highest BCUT2D eigenvalue weighted by molar-refractivity contribution is 5.79. The molecule has 0 fully saturated rings. The van der Waals surface area contributed by atoms with Gasteiger partial charge in [0, 0.05) is 20.2 Å². The number of guanidine groups is 1. The number of alkyl halides is 3. The summed E-state index contributed by atoms with van der Waals surface area (Å²) in [5.74, 6) is 0.382. The molecule has 0 spiro atoms. The molecule has 1 aromatic rings. The third kappa shape index (κ3) is 7.87. The maximum Gasteiger partial charge on any atom is 0.390 e. The topological polar surface area (TPSA) is 45.7 Å². The molecule has 0 radical (unpaired) electrons. The summed E-state index contributed by atoms with van der Waals surface area (Å²) in [5, 5.41) is 5.60. The zero-order chi connectivity index (χ0) is 16.4. The third-order valence-electron chi connectivity index (χ3n) is 2.80. The van der Waals surface area contributed by atoms with Gasteiger partial charge in [0.1, 0.15) is 0 Å². The Morgan fingerprint density at radius 2 is 1.77 bits per heavy atom. The van der Waals surface area contributed by atoms with Crippen molar-refractivity contribution >= 4 is 5.96 Å². The van der Waals surface area contributed by atoms with Crippen LogP contribution in [0.1, 0.15) is 24.5 Å². The number of aliphatic imine (C=N–C) groups is 1. The van der Waals surface area contributed by atoms with Gasteiger partial charge in [0.2, 0.25) is 0 Å². The molecule has 4 nitrogen and oxygen atoms in total. The van der Waals surface area contributed by atoms with Crippen LogP contribution in [0.2, 0.25) is 0 Å². The van der Waals surface area contributed by atoms with E-state index in [1.165, 1.54) is 0 Å². The van der Waals surface area contributed by atoms with E-state index in [0.717, 1.165) is 11.1 Å². The Morgan fingerprint density at radius 1 is 1.14 bits per heavy atom. The van der Waals surface area contributed by atoms with Gasteiger partial charge in [-0.3, -0.25) is 0 Å². The quantitative estimate of drug-likeness (QED) is 0.600. The Kier molecular flexibility index (Phi) is 7.73. The minimum Gasteiger partial charge on any atom is -0.380 e. The molecule has 7 heteroatoms. The van der Waals surface area contributed by atoms with Crippen LogP contribution in [0, 0.1) is 0 Å². The molecule has 0 heterocycles. The Labute approximate surface area is 128 Å². The second-order valence-corrected chi connectivity index (χ2v) is 4.74. The first kappa shape index (κ1) is 18.3. The molecule has 0 aliphatic heterocycles. The molecule has 0 unspecified atom stereocenters. The average Bonchev–Trinajstić information content (AvgIpc) is 2.45. The molecule has 0 saturated heterocycles. The summed E-state index contributed by atoms with van der Waals surface area (Å²) in [5.41, 5.74) is 2.04. The fourth-order valence-corrected chi connectivity index (χ4v) is 1.74. The van der Waals surface area contributed by atoms with Crippen LogP contribution in [0.15, 0.2) is 29.3 Å². The molecule has 2 N–H and O–H groups in total. The summed E-state index contributed by atoms with van der Waals surface area (Å²) in [4.78, 5) is 4.27. The van der Waals surface area contributed by atoms with Crippen molar-refractivity contribution in [1.82, 2.24) is 10.6 Å². The van der Waals surface area contributed by atoms with Crippen molar-refractivity contribution < 1.29 is 17.9 Å². The van der Waals surface area contributed by atoms with Gasteiger partial charge >= 0.3 is 6.18 Å². The lowest BCUT2D eigenvalue weighted by Gasteiger charge is -2.12. The summed E-state index contributed by atoms with van der Waals surface area (Å²) in [6.07, 6.45) is -5.05. The largest absolute Gasteiger partial charge is 0.390 e. The number of rotatable bonds is 7. The van der Waals surface area contributed by atoms with E-state index < -0.39 is 12.6 Å². The lowest BCUT2D eigenvalue weighted by atomic mass is 10.1. The molecule has 0 amide bonds. The minimum atomic E-state index is -4.17. The Bertz CT molecular complexity index is 458. The highest BCUT2D eigenvalue weighted by Crippen LogP contribution is 2.18. The Morgan fingerprint density at radius 3 is 2.32 bits per heavy atom. The van der Waals surface area contributed by atoms with E-state index in [1.54, 1.807) is 7.11 Å². The van der Waals surface area contributed by atoms with E-state index in [-0.39, 0.29) is 6.54 Å². The maximum atomic E-state index is 12.1. The number of benzene rings is 1. The zero-order valence-corrected chi connectivity index (χ0v) is 12.8. The molecule has 0 bridgehead atoms. The fourth-order valence-electron chi connectivity index (χ4n) is 1.74. The average molecular weight is 317 g/mol. The molecule has 1 aromatic carbocycles. The number of halogens is 3. The van der Waals surface area contributed by atoms with Crippen molar-refractivity contribution in [3.8, 4) is 0 Å². The van der Waals surface area contributed by atoms with Gasteiger partial charge in [0.25, 0.3) is 0 Å². The van der Waals surface area contributed by atoms with Crippen molar-refractivity contribution in [3.63, 3.8) is 0 Å². The van der Waals surface area contributed by atoms with Crippen LogP contribution in [-0.2, 0) is 17.9 Å². The molecule has 1 rings (SSSR count). The van der Waals surface area contributed by atoms with Crippen LogP contribution >= 0.6 is 0 Å². The van der Waals surface area contributed by atoms with Gasteiger partial charge in [-0.15, -0.1) is 0 Å². The number of ether oxygens (including phenoxy) is 1. The van der Waals surface area contributed by atoms with Crippen molar-refractivity contribution in [2.75, 3.05) is 20.2 Å². The highest BCUT2D eigenvalue weighted by atomic mass is 19.4. The molecule has 0 aliphatic rings. The summed E-state index contributed by atoms with van der Waals surface area (Å²) in [7, 11) is 1.63. The van der Waals surface area contributed by atoms with Crippen molar-refractivity contribution in [1.29, 1.82) is 0 Å². The summed E-state index contributed by atoms with van der Waals surface area (Å²) < 4.78 is 41.4. The predicted octanol–water partition coefficient (Wildman–Crippen LogP) is 2.84. The van der Waals surface area contributed by atoms with Gasteiger partial charge in [-0.2, -0.15) is 13.2 Å². The van der Waals surface area contributed by atoms with Gasteiger partial charge in [-0.1, -0.05) is 24.3 Å². The van der Waals surface area contributed by atoms with Gasteiger partial charge in [0.05, 0.1) is 19.6 Å². The first-order valence-electron chi connectivity index (χ1n) is 7.10. The number of nitrogens with one attached hydrogen (secondary N) is 2. The normalized spacial score (nSPS) is 12.3. The van der Waals surface area contributed by atoms with Gasteiger partial charge < -0.3 is 15.4 Å². The molecule has 0 atom stereocenters. The number of methoxy groups -OCH3 is 1. The maximum absolute atomic E-state index is 12.1. The first-order chi connectivity index (χ1) is 10.4. The second kappa shape index (κ2) is 9.30. The number of hydrogen-bond donors (Lipinski definition) is 2. The summed E-state index contributed by atoms with van der Waals surface area (Å²) >= 11 is 0. The smallest absolute Gasteiger partial charge is 0.380 e. The van der Waals surface area contributed by atoms with Crippen LogP contribution in [-0.4, -0.2) is 32.3 Å². The molecular weight excluding hydrogens is 295 g/mol. The number of hydrogen-bond acceptors (Lipinski definition) is 2. The van der Waals surface area contributed by atoms with Crippen LogP contribution < -0.4 is 10.6 Å². The third-order valence-corrected chi connectivity index (χ3v) is 2.80. The van der Waals surface area contributed by atoms with E-state index in [9.17, 15) is 13.2 Å². The van der Waals surface area contributed by atoms with Crippen LogP contribution in [0.5, 0.6) is 0 Å². The molecule has 0 aromatic heterocycles. The predicted molar refractivity (Wildman–Crippen MR) is 80.6 cm³/mol. The standard InChI is InChI=1S/C15H22F3N3O/c1-3-19-14(20-9-8-15(16,17)18)21-10-12-4-6-13(7-5-12)11-22-2/h4-7H,3,8-11H2,1-2H3,(H2,19,20,21). The van der Waals surface area contributed by atoms with Crippen molar-refractivity contribution in [2.45, 2.75) is 32.7 Å². The van der Waals surface area contributed by atoms with Crippen molar-refractivity contribution in [2.24, 2.45) is 4.99 Å². The molecule has 124 valence electrons. The summed E-state index contributed by atoms with van der Waals surface area (Å²) in [6, 6.07) is 7.74. The minimum absolute atomic E-state index is 0.192. The first-order valence-corrected chi connectivity index (χ1v) is 7.10. The van der Waals surface area contributed by atoms with Crippen LogP contribution in [0.4, 0.5) is 13.2 Å². The van der Waals surface area contributed by atoms with Gasteiger partial charge in [0.15, 0.2) is 5.96 Å². The van der Waals surface area contributed by atoms with Crippen LogP contribution in [0.25, 0.3) is 0 Å². The van der Waals surface area contributed by atoms with E-state index in [1.807, 2.05) is 31.2 Å². The zero-order valence-electron chi connectivity index (χ0n) is 12.8. The van der Waals surface area contributed by atoms with E-state index in [2.05, 4.69) is 15.6 Å². The number of nitrogens with zero attached hydrogens (tertiary/aromatic N) is 1.